The van der Waals surface area contributed by atoms with Gasteiger partial charge >= 0.3 is 0 Å². The molecular weight excluding hydrogens is 302 g/mol. The number of anilines is 1. The summed E-state index contributed by atoms with van der Waals surface area (Å²) >= 11 is 0. The lowest BCUT2D eigenvalue weighted by Crippen LogP contribution is -2.48. The van der Waals surface area contributed by atoms with Crippen molar-refractivity contribution in [1.82, 2.24) is 9.88 Å². The Kier molecular flexibility index (Phi) is 5.11. The van der Waals surface area contributed by atoms with Crippen LogP contribution in [0.5, 0.6) is 0 Å². The number of hydrogen-bond donors (Lipinski definition) is 1. The quantitative estimate of drug-likeness (QED) is 0.939. The number of rotatable bonds is 4. The van der Waals surface area contributed by atoms with Crippen LogP contribution in [0.3, 0.4) is 0 Å². The van der Waals surface area contributed by atoms with E-state index < -0.39 is 0 Å². The fourth-order valence-electron chi connectivity index (χ4n) is 2.96. The average molecular weight is 325 g/mol. The number of nitrogens with zero attached hydrogens (tertiary/aromatic N) is 2. The topological polar surface area (TPSA) is 54.5 Å². The van der Waals surface area contributed by atoms with Gasteiger partial charge in [0.2, 0.25) is 0 Å². The number of benzene rings is 1. The molecule has 1 aromatic heterocycles. The molecule has 1 aliphatic rings. The smallest absolute Gasteiger partial charge is 0.254 e. The third-order valence-corrected chi connectivity index (χ3v) is 4.06. The van der Waals surface area contributed by atoms with Gasteiger partial charge in [0.05, 0.1) is 12.2 Å². The van der Waals surface area contributed by atoms with Crippen molar-refractivity contribution in [2.45, 2.75) is 32.6 Å². The minimum Gasteiger partial charge on any atom is -0.381 e. The number of nitrogens with one attached hydrogen (secondary N) is 1. The lowest BCUT2D eigenvalue weighted by Gasteiger charge is -2.35. The molecule has 0 spiro atoms. The maximum atomic E-state index is 12.6. The highest BCUT2D eigenvalue weighted by Crippen LogP contribution is 2.16. The summed E-state index contributed by atoms with van der Waals surface area (Å²) in [4.78, 5) is 18.6. The van der Waals surface area contributed by atoms with E-state index in [1.165, 1.54) is 0 Å². The fraction of sp³-hybridized carbons (Fsp3) is 0.368. The number of aromatic nitrogens is 1. The Morgan fingerprint density at radius 2 is 1.92 bits per heavy atom. The van der Waals surface area contributed by atoms with Gasteiger partial charge in [-0.25, -0.2) is 0 Å². The van der Waals surface area contributed by atoms with Crippen molar-refractivity contribution in [1.29, 1.82) is 0 Å². The Morgan fingerprint density at radius 3 is 2.54 bits per heavy atom. The second kappa shape index (κ2) is 7.45. The normalized spacial score (nSPS) is 20.7. The van der Waals surface area contributed by atoms with Gasteiger partial charge in [0.25, 0.3) is 5.91 Å². The molecule has 1 amide bonds. The molecule has 0 aliphatic carbocycles. The summed E-state index contributed by atoms with van der Waals surface area (Å²) in [7, 11) is 0. The molecule has 2 aromatic rings. The monoisotopic (exact) mass is 325 g/mol. The van der Waals surface area contributed by atoms with Crippen molar-refractivity contribution < 1.29 is 9.53 Å². The van der Waals surface area contributed by atoms with Crippen LogP contribution in [-0.4, -0.2) is 41.1 Å². The third kappa shape index (κ3) is 4.11. The van der Waals surface area contributed by atoms with E-state index in [-0.39, 0.29) is 18.1 Å². The first-order valence-corrected chi connectivity index (χ1v) is 8.29. The fourth-order valence-corrected chi connectivity index (χ4v) is 2.96. The highest BCUT2D eigenvalue weighted by Gasteiger charge is 2.26. The first-order chi connectivity index (χ1) is 11.6. The van der Waals surface area contributed by atoms with Gasteiger partial charge in [-0.05, 0) is 49.7 Å². The van der Waals surface area contributed by atoms with Gasteiger partial charge in [0.1, 0.15) is 0 Å². The number of carbonyl (C=O) groups excluding carboxylic acids is 1. The van der Waals surface area contributed by atoms with E-state index in [9.17, 15) is 4.79 Å². The molecule has 2 atom stereocenters. The summed E-state index contributed by atoms with van der Waals surface area (Å²) in [5.74, 6) is 0.0656. The van der Waals surface area contributed by atoms with Crippen molar-refractivity contribution in [2.24, 2.45) is 0 Å². The molecule has 24 heavy (non-hydrogen) atoms. The third-order valence-electron chi connectivity index (χ3n) is 4.06. The second-order valence-electron chi connectivity index (χ2n) is 6.26. The second-order valence-corrected chi connectivity index (χ2v) is 6.26. The molecule has 126 valence electrons. The molecule has 2 heterocycles. The van der Waals surface area contributed by atoms with Crippen LogP contribution in [0, 0.1) is 0 Å². The zero-order valence-electron chi connectivity index (χ0n) is 14.1. The molecule has 1 saturated heterocycles. The Morgan fingerprint density at radius 1 is 1.21 bits per heavy atom. The van der Waals surface area contributed by atoms with Gasteiger partial charge in [-0.3, -0.25) is 9.78 Å². The van der Waals surface area contributed by atoms with Crippen molar-refractivity contribution in [3.8, 4) is 0 Å². The highest BCUT2D eigenvalue weighted by atomic mass is 16.5. The molecule has 3 rings (SSSR count). The van der Waals surface area contributed by atoms with Crippen molar-refractivity contribution in [3.05, 3.63) is 59.9 Å². The van der Waals surface area contributed by atoms with E-state index in [0.717, 1.165) is 11.3 Å². The SMILES string of the molecule is CC1CN(C(=O)c2ccc(NCc3cccnc3)cc2)CC(C)O1. The van der Waals surface area contributed by atoms with Crippen molar-refractivity contribution in [3.63, 3.8) is 0 Å². The molecule has 0 radical (unpaired) electrons. The zero-order chi connectivity index (χ0) is 16.9. The van der Waals surface area contributed by atoms with E-state index in [1.54, 1.807) is 6.20 Å². The summed E-state index contributed by atoms with van der Waals surface area (Å²) in [5, 5.41) is 3.34. The first-order valence-electron chi connectivity index (χ1n) is 8.29. The van der Waals surface area contributed by atoms with Gasteiger partial charge in [-0.2, -0.15) is 0 Å². The molecule has 0 bridgehead atoms. The maximum Gasteiger partial charge on any atom is 0.254 e. The van der Waals surface area contributed by atoms with Crippen molar-refractivity contribution >= 4 is 11.6 Å². The van der Waals surface area contributed by atoms with E-state index in [0.29, 0.717) is 25.2 Å². The summed E-state index contributed by atoms with van der Waals surface area (Å²) in [6.45, 7) is 6.00. The zero-order valence-corrected chi connectivity index (χ0v) is 14.1. The standard InChI is InChI=1S/C19H23N3O2/c1-14-12-22(13-15(2)24-14)19(23)17-5-7-18(8-6-17)21-11-16-4-3-9-20-10-16/h3-10,14-15,21H,11-13H2,1-2H3. The molecule has 0 saturated carbocycles. The summed E-state index contributed by atoms with van der Waals surface area (Å²) in [5.41, 5.74) is 2.82. The van der Waals surface area contributed by atoms with Gasteiger partial charge in [0.15, 0.2) is 0 Å². The van der Waals surface area contributed by atoms with Gasteiger partial charge < -0.3 is 15.0 Å². The van der Waals surface area contributed by atoms with Crippen LogP contribution in [0.25, 0.3) is 0 Å². The number of pyridine rings is 1. The lowest BCUT2D eigenvalue weighted by atomic mass is 10.1. The summed E-state index contributed by atoms with van der Waals surface area (Å²) in [6.07, 6.45) is 3.76. The minimum absolute atomic E-state index is 0.0656. The average Bonchev–Trinajstić information content (AvgIpc) is 2.60. The Hall–Kier alpha value is -2.40. The Labute approximate surface area is 142 Å². The Bertz CT molecular complexity index is 663. The van der Waals surface area contributed by atoms with E-state index >= 15 is 0 Å². The van der Waals surface area contributed by atoms with E-state index in [2.05, 4.69) is 10.3 Å². The predicted octanol–water partition coefficient (Wildman–Crippen LogP) is 2.94. The van der Waals surface area contributed by atoms with Crippen LogP contribution in [-0.2, 0) is 11.3 Å². The number of carbonyl (C=O) groups is 1. The first kappa shape index (κ1) is 16.5. The molecule has 1 fully saturated rings. The van der Waals surface area contributed by atoms with Crippen LogP contribution in [0.4, 0.5) is 5.69 Å². The molecule has 1 N–H and O–H groups in total. The molecule has 5 nitrogen and oxygen atoms in total. The molecular formula is C19H23N3O2. The van der Waals surface area contributed by atoms with Crippen LogP contribution < -0.4 is 5.32 Å². The molecule has 1 aromatic carbocycles. The van der Waals surface area contributed by atoms with Crippen LogP contribution in [0.2, 0.25) is 0 Å². The van der Waals surface area contributed by atoms with Crippen LogP contribution >= 0.6 is 0 Å². The van der Waals surface area contributed by atoms with Gasteiger partial charge in [-0.1, -0.05) is 6.07 Å². The predicted molar refractivity (Wildman–Crippen MR) is 93.9 cm³/mol. The van der Waals surface area contributed by atoms with E-state index in [1.807, 2.05) is 61.3 Å². The number of ether oxygens (including phenoxy) is 1. The number of amides is 1. The number of hydrogen-bond acceptors (Lipinski definition) is 4. The maximum absolute atomic E-state index is 12.6. The van der Waals surface area contributed by atoms with Crippen molar-refractivity contribution in [2.75, 3.05) is 18.4 Å². The number of morpholine rings is 1. The largest absolute Gasteiger partial charge is 0.381 e. The molecule has 5 heteroatoms. The molecule has 1 aliphatic heterocycles. The lowest BCUT2D eigenvalue weighted by molar-refractivity contribution is -0.0586. The Balaban J connectivity index is 1.60. The van der Waals surface area contributed by atoms with E-state index in [4.69, 9.17) is 4.74 Å². The summed E-state index contributed by atoms with van der Waals surface area (Å²) < 4.78 is 5.69. The summed E-state index contributed by atoms with van der Waals surface area (Å²) in [6, 6.07) is 11.6. The minimum atomic E-state index is 0.0656. The van der Waals surface area contributed by atoms with Crippen LogP contribution in [0.15, 0.2) is 48.8 Å². The van der Waals surface area contributed by atoms with Crippen LogP contribution in [0.1, 0.15) is 29.8 Å². The highest BCUT2D eigenvalue weighted by molar-refractivity contribution is 5.94. The van der Waals surface area contributed by atoms with Gasteiger partial charge in [-0.15, -0.1) is 0 Å². The van der Waals surface area contributed by atoms with Gasteiger partial charge in [0, 0.05) is 43.3 Å². The molecule has 2 unspecified atom stereocenters.